The van der Waals surface area contributed by atoms with E-state index in [-0.39, 0.29) is 30.6 Å². The zero-order chi connectivity index (χ0) is 19.0. The molecule has 1 rings (SSSR count). The van der Waals surface area contributed by atoms with Crippen molar-refractivity contribution in [1.82, 2.24) is 5.32 Å². The van der Waals surface area contributed by atoms with Gasteiger partial charge in [0, 0.05) is 13.0 Å². The van der Waals surface area contributed by atoms with Crippen LogP contribution in [0.4, 0.5) is 0 Å². The molecule has 3 atom stereocenters. The number of hydrogen-bond acceptors (Lipinski definition) is 5. The minimum Gasteiger partial charge on any atom is -0.376 e. The first-order valence-electron chi connectivity index (χ1n) is 9.28. The lowest BCUT2D eigenvalue weighted by atomic mass is 9.77. The number of ketones is 1. The largest absolute Gasteiger partial charge is 0.376 e. The van der Waals surface area contributed by atoms with Gasteiger partial charge in [-0.1, -0.05) is 25.7 Å². The van der Waals surface area contributed by atoms with E-state index < -0.39 is 11.7 Å². The van der Waals surface area contributed by atoms with E-state index in [9.17, 15) is 4.79 Å². The number of nitrogens with one attached hydrogen (secondary N) is 1. The van der Waals surface area contributed by atoms with E-state index in [0.29, 0.717) is 18.6 Å². The van der Waals surface area contributed by atoms with E-state index in [0.717, 1.165) is 31.5 Å². The third-order valence-corrected chi connectivity index (χ3v) is 5.15. The van der Waals surface area contributed by atoms with Crippen LogP contribution in [0.25, 0.3) is 0 Å². The van der Waals surface area contributed by atoms with Gasteiger partial charge < -0.3 is 20.3 Å². The second-order valence-electron chi connectivity index (χ2n) is 7.46. The maximum absolute atomic E-state index is 13.0. The van der Waals surface area contributed by atoms with Crippen molar-refractivity contribution < 1.29 is 19.7 Å². The van der Waals surface area contributed by atoms with Crippen molar-refractivity contribution in [2.24, 2.45) is 11.3 Å². The lowest BCUT2D eigenvalue weighted by Gasteiger charge is -2.31. The Bertz CT molecular complexity index is 474. The van der Waals surface area contributed by atoms with Crippen LogP contribution in [0.2, 0.25) is 0 Å². The molecule has 0 aromatic carbocycles. The van der Waals surface area contributed by atoms with Gasteiger partial charge >= 0.3 is 0 Å². The first kappa shape index (κ1) is 22.0. The molecule has 25 heavy (non-hydrogen) atoms. The fraction of sp³-hybridized carbons (Fsp3) is 0.750. The quantitative estimate of drug-likeness (QED) is 0.217. The second-order valence-corrected chi connectivity index (χ2v) is 7.46. The number of allylic oxidation sites excluding steroid dienone is 2. The van der Waals surface area contributed by atoms with Gasteiger partial charge in [0.1, 0.15) is 0 Å². The Balaban J connectivity index is 2.75. The van der Waals surface area contributed by atoms with Gasteiger partial charge in [-0.15, -0.1) is 0 Å². The molecule has 0 amide bonds. The maximum atomic E-state index is 13.0. The molecule has 0 heterocycles. The Morgan fingerprint density at radius 1 is 1.36 bits per heavy atom. The molecule has 5 heteroatoms. The zero-order valence-electron chi connectivity index (χ0n) is 16.0. The summed E-state index contributed by atoms with van der Waals surface area (Å²) in [7, 11) is 0. The zero-order valence-corrected chi connectivity index (χ0v) is 16.0. The molecule has 144 valence electrons. The Hall–Kier alpha value is -1.01. The maximum Gasteiger partial charge on any atom is 0.166 e. The van der Waals surface area contributed by atoms with Crippen molar-refractivity contribution in [2.75, 3.05) is 19.7 Å². The van der Waals surface area contributed by atoms with Gasteiger partial charge in [0.15, 0.2) is 12.1 Å². The summed E-state index contributed by atoms with van der Waals surface area (Å²) in [6, 6.07) is 0. The number of rotatable bonds is 12. The number of aliphatic hydroxyl groups is 2. The number of aliphatic hydroxyl groups excluding tert-OH is 1. The van der Waals surface area contributed by atoms with E-state index in [1.165, 1.54) is 0 Å². The first-order valence-corrected chi connectivity index (χ1v) is 9.28. The fourth-order valence-corrected chi connectivity index (χ4v) is 3.51. The topological polar surface area (TPSA) is 78.8 Å². The standard InChI is InChI=1S/C20H35NO4/c1-6-9-21-10-11-25-17-12-16(14(2)3)13-20(17,5)19(24)15(4)7-8-18(22)23/h16-18,21-23H,2,4,6-13H2,1,3,5H3/t16-,17+,20+/m0/s1. The van der Waals surface area contributed by atoms with Gasteiger partial charge in [-0.05, 0) is 57.6 Å². The van der Waals surface area contributed by atoms with Crippen molar-refractivity contribution in [3.63, 3.8) is 0 Å². The Morgan fingerprint density at radius 3 is 2.60 bits per heavy atom. The average Bonchev–Trinajstić information content (AvgIpc) is 2.90. The van der Waals surface area contributed by atoms with Crippen molar-refractivity contribution in [3.05, 3.63) is 24.3 Å². The smallest absolute Gasteiger partial charge is 0.166 e. The van der Waals surface area contributed by atoms with Crippen LogP contribution in [0.5, 0.6) is 0 Å². The molecule has 0 bridgehead atoms. The van der Waals surface area contributed by atoms with E-state index >= 15 is 0 Å². The summed E-state index contributed by atoms with van der Waals surface area (Å²) in [6.45, 7) is 16.3. The molecule has 3 N–H and O–H groups in total. The third kappa shape index (κ3) is 6.33. The summed E-state index contributed by atoms with van der Waals surface area (Å²) in [5.41, 5.74) is 0.882. The third-order valence-electron chi connectivity index (χ3n) is 5.15. The summed E-state index contributed by atoms with van der Waals surface area (Å²) in [4.78, 5) is 13.0. The van der Waals surface area contributed by atoms with Crippen LogP contribution in [0, 0.1) is 11.3 Å². The van der Waals surface area contributed by atoms with Crippen LogP contribution >= 0.6 is 0 Å². The molecular weight excluding hydrogens is 318 g/mol. The minimum atomic E-state index is -1.42. The lowest BCUT2D eigenvalue weighted by Crippen LogP contribution is -2.39. The summed E-state index contributed by atoms with van der Waals surface area (Å²) >= 11 is 0. The highest BCUT2D eigenvalue weighted by molar-refractivity contribution is 5.99. The predicted octanol–water partition coefficient (Wildman–Crippen LogP) is 2.58. The van der Waals surface area contributed by atoms with Crippen LogP contribution in [0.3, 0.4) is 0 Å². The molecule has 0 saturated heterocycles. The normalized spacial score (nSPS) is 26.2. The molecule has 0 unspecified atom stereocenters. The molecule has 1 aliphatic rings. The monoisotopic (exact) mass is 353 g/mol. The van der Waals surface area contributed by atoms with Crippen molar-refractivity contribution in [3.8, 4) is 0 Å². The number of carbonyl (C=O) groups is 1. The summed E-state index contributed by atoms with van der Waals surface area (Å²) < 4.78 is 6.08. The Morgan fingerprint density at radius 2 is 2.04 bits per heavy atom. The van der Waals surface area contributed by atoms with Gasteiger partial charge in [-0.2, -0.15) is 0 Å². The van der Waals surface area contributed by atoms with Crippen LogP contribution in [-0.2, 0) is 9.53 Å². The first-order chi connectivity index (χ1) is 11.7. The summed E-state index contributed by atoms with van der Waals surface area (Å²) in [5, 5.41) is 21.4. The summed E-state index contributed by atoms with van der Waals surface area (Å²) in [5.74, 6) is 0.238. The molecule has 1 fully saturated rings. The van der Waals surface area contributed by atoms with E-state index in [4.69, 9.17) is 14.9 Å². The van der Waals surface area contributed by atoms with Gasteiger partial charge in [0.25, 0.3) is 0 Å². The predicted molar refractivity (Wildman–Crippen MR) is 100 cm³/mol. The average molecular weight is 354 g/mol. The van der Waals surface area contributed by atoms with E-state index in [1.807, 2.05) is 13.8 Å². The van der Waals surface area contributed by atoms with Crippen molar-refractivity contribution in [1.29, 1.82) is 0 Å². The van der Waals surface area contributed by atoms with E-state index in [1.54, 1.807) is 0 Å². The summed E-state index contributed by atoms with van der Waals surface area (Å²) in [6.07, 6.45) is 1.40. The molecule has 0 aromatic heterocycles. The molecule has 1 saturated carbocycles. The second kappa shape index (κ2) is 10.2. The minimum absolute atomic E-state index is 0.0246. The van der Waals surface area contributed by atoms with Crippen LogP contribution in [0.1, 0.15) is 52.9 Å². The molecular formula is C20H35NO4. The Kier molecular flexibility index (Phi) is 9.00. The number of carbonyl (C=O) groups excluding carboxylic acids is 1. The van der Waals surface area contributed by atoms with Gasteiger partial charge in [0.2, 0.25) is 0 Å². The SMILES string of the molecule is C=C(CCC(O)O)C(=O)[C@]1(C)C[C@@H](C(=C)C)C[C@H]1OCCNCCC. The molecule has 0 aromatic rings. The number of Topliss-reactive ketones (excluding diaryl/α,β-unsaturated/α-hetero) is 1. The molecule has 0 radical (unpaired) electrons. The van der Waals surface area contributed by atoms with Crippen LogP contribution in [0.15, 0.2) is 24.3 Å². The lowest BCUT2D eigenvalue weighted by molar-refractivity contribution is -0.131. The fourth-order valence-electron chi connectivity index (χ4n) is 3.51. The highest BCUT2D eigenvalue weighted by Gasteiger charge is 2.50. The molecule has 0 spiro atoms. The van der Waals surface area contributed by atoms with Crippen LogP contribution in [-0.4, -0.2) is 48.1 Å². The van der Waals surface area contributed by atoms with Crippen LogP contribution < -0.4 is 5.32 Å². The Labute approximate surface area is 152 Å². The number of hydrogen-bond donors (Lipinski definition) is 3. The molecule has 5 nitrogen and oxygen atoms in total. The van der Waals surface area contributed by atoms with Gasteiger partial charge in [-0.25, -0.2) is 0 Å². The van der Waals surface area contributed by atoms with Crippen molar-refractivity contribution in [2.45, 2.75) is 65.3 Å². The van der Waals surface area contributed by atoms with Gasteiger partial charge in [0.05, 0.1) is 18.1 Å². The molecule has 1 aliphatic carbocycles. The highest BCUT2D eigenvalue weighted by atomic mass is 16.5. The highest BCUT2D eigenvalue weighted by Crippen LogP contribution is 2.47. The van der Waals surface area contributed by atoms with Crippen molar-refractivity contribution >= 4 is 5.78 Å². The number of ether oxygens (including phenoxy) is 1. The van der Waals surface area contributed by atoms with Gasteiger partial charge in [-0.3, -0.25) is 4.79 Å². The molecule has 0 aliphatic heterocycles. The van der Waals surface area contributed by atoms with E-state index in [2.05, 4.69) is 25.4 Å².